The van der Waals surface area contributed by atoms with E-state index in [2.05, 4.69) is 0 Å². The lowest BCUT2D eigenvalue weighted by Crippen LogP contribution is -2.26. The molecule has 2 rings (SSSR count). The molecule has 3 heteroatoms. The van der Waals surface area contributed by atoms with Crippen molar-refractivity contribution in [1.29, 1.82) is 0 Å². The van der Waals surface area contributed by atoms with Crippen molar-refractivity contribution in [3.05, 3.63) is 29.8 Å². The zero-order chi connectivity index (χ0) is 13.8. The molecule has 0 heterocycles. The fraction of sp³-hybridized carbons (Fsp3) is 0.562. The molecule has 0 aliphatic heterocycles. The van der Waals surface area contributed by atoms with Crippen molar-refractivity contribution < 1.29 is 14.3 Å². The van der Waals surface area contributed by atoms with E-state index in [-0.39, 0.29) is 18.0 Å². The highest BCUT2D eigenvalue weighted by Gasteiger charge is 2.37. The van der Waals surface area contributed by atoms with Crippen molar-refractivity contribution in [2.24, 2.45) is 5.92 Å². The maximum Gasteiger partial charge on any atom is 0.191 e. The zero-order valence-electron chi connectivity index (χ0n) is 11.9. The second-order valence-corrected chi connectivity index (χ2v) is 5.27. The molecule has 104 valence electrons. The Morgan fingerprint density at radius 2 is 1.89 bits per heavy atom. The van der Waals surface area contributed by atoms with Crippen LogP contribution in [0.3, 0.4) is 0 Å². The minimum Gasteiger partial charge on any atom is -0.491 e. The molecule has 0 aromatic heterocycles. The Morgan fingerprint density at radius 1 is 1.26 bits per heavy atom. The third kappa shape index (κ3) is 3.80. The van der Waals surface area contributed by atoms with Crippen LogP contribution in [-0.4, -0.2) is 24.6 Å². The van der Waals surface area contributed by atoms with Crippen LogP contribution in [0.2, 0.25) is 0 Å². The highest BCUT2D eigenvalue weighted by atomic mass is 16.5. The summed E-state index contributed by atoms with van der Waals surface area (Å²) in [7, 11) is 0. The molecule has 1 fully saturated rings. The third-order valence-electron chi connectivity index (χ3n) is 3.17. The van der Waals surface area contributed by atoms with E-state index in [1.807, 2.05) is 45.0 Å². The number of hydrogen-bond acceptors (Lipinski definition) is 3. The summed E-state index contributed by atoms with van der Waals surface area (Å²) in [6.07, 6.45) is 2.08. The maximum atomic E-state index is 12.4. The molecule has 1 unspecified atom stereocenters. The minimum atomic E-state index is -0.262. The first kappa shape index (κ1) is 14.1. The van der Waals surface area contributed by atoms with Crippen LogP contribution in [0.15, 0.2) is 24.3 Å². The highest BCUT2D eigenvalue weighted by Crippen LogP contribution is 2.36. The first-order chi connectivity index (χ1) is 9.11. The van der Waals surface area contributed by atoms with Crippen molar-refractivity contribution in [2.45, 2.75) is 45.8 Å². The van der Waals surface area contributed by atoms with Crippen molar-refractivity contribution >= 4 is 5.78 Å². The maximum absolute atomic E-state index is 12.4. The molecule has 3 nitrogen and oxygen atoms in total. The molecule has 0 amide bonds. The first-order valence-corrected chi connectivity index (χ1v) is 7.04. The molecule has 0 N–H and O–H groups in total. The van der Waals surface area contributed by atoms with E-state index < -0.39 is 0 Å². The topological polar surface area (TPSA) is 35.5 Å². The van der Waals surface area contributed by atoms with E-state index in [4.69, 9.17) is 9.47 Å². The molecule has 0 spiro atoms. The Kier molecular flexibility index (Phi) is 4.59. The predicted molar refractivity (Wildman–Crippen MR) is 74.7 cm³/mol. The lowest BCUT2D eigenvalue weighted by Gasteiger charge is -2.15. The lowest BCUT2D eigenvalue weighted by atomic mass is 10.0. The van der Waals surface area contributed by atoms with E-state index in [0.717, 1.165) is 18.6 Å². The zero-order valence-corrected chi connectivity index (χ0v) is 11.9. The second kappa shape index (κ2) is 6.20. The molecule has 1 aromatic rings. The van der Waals surface area contributed by atoms with Gasteiger partial charge in [-0.25, -0.2) is 0 Å². The molecule has 0 saturated heterocycles. The second-order valence-electron chi connectivity index (χ2n) is 5.27. The Balaban J connectivity index is 2.05. The molecular weight excluding hydrogens is 240 g/mol. The van der Waals surface area contributed by atoms with Gasteiger partial charge in [0.1, 0.15) is 11.9 Å². The summed E-state index contributed by atoms with van der Waals surface area (Å²) in [6, 6.07) is 7.36. The van der Waals surface area contributed by atoms with E-state index in [1.54, 1.807) is 0 Å². The smallest absolute Gasteiger partial charge is 0.191 e. The van der Waals surface area contributed by atoms with Crippen LogP contribution in [-0.2, 0) is 4.74 Å². The first-order valence-electron chi connectivity index (χ1n) is 7.04. The minimum absolute atomic E-state index is 0.0976. The summed E-state index contributed by atoms with van der Waals surface area (Å²) in [6.45, 7) is 6.48. The van der Waals surface area contributed by atoms with Crippen LogP contribution in [0, 0.1) is 5.92 Å². The van der Waals surface area contributed by atoms with Crippen molar-refractivity contribution in [3.8, 4) is 5.75 Å². The van der Waals surface area contributed by atoms with Gasteiger partial charge in [0, 0.05) is 12.2 Å². The Morgan fingerprint density at radius 3 is 2.37 bits per heavy atom. The molecule has 1 saturated carbocycles. The van der Waals surface area contributed by atoms with Crippen LogP contribution in [0.25, 0.3) is 0 Å². The Bertz CT molecular complexity index is 418. The lowest BCUT2D eigenvalue weighted by molar-refractivity contribution is 0.0374. The number of rotatable bonds is 7. The monoisotopic (exact) mass is 262 g/mol. The van der Waals surface area contributed by atoms with Gasteiger partial charge in [0.2, 0.25) is 0 Å². The fourth-order valence-corrected chi connectivity index (χ4v) is 2.14. The Labute approximate surface area is 114 Å². The number of carbonyl (C=O) groups is 1. The summed E-state index contributed by atoms with van der Waals surface area (Å²) in [5.41, 5.74) is 0.710. The SMILES string of the molecule is CCOC(C(=O)c1ccc(OC(C)C)cc1)C1CC1. The summed E-state index contributed by atoms with van der Waals surface area (Å²) in [5, 5.41) is 0. The number of hydrogen-bond donors (Lipinski definition) is 0. The van der Waals surface area contributed by atoms with Gasteiger partial charge in [-0.3, -0.25) is 4.79 Å². The molecule has 1 aliphatic rings. The normalized spacial score (nSPS) is 16.4. The Hall–Kier alpha value is -1.35. The molecule has 1 atom stereocenters. The van der Waals surface area contributed by atoms with Crippen LogP contribution in [0.1, 0.15) is 44.0 Å². The average molecular weight is 262 g/mol. The van der Waals surface area contributed by atoms with E-state index in [0.29, 0.717) is 18.1 Å². The molecule has 19 heavy (non-hydrogen) atoms. The van der Waals surface area contributed by atoms with Gasteiger partial charge in [0.15, 0.2) is 5.78 Å². The van der Waals surface area contributed by atoms with E-state index in [1.165, 1.54) is 0 Å². The number of ketones is 1. The van der Waals surface area contributed by atoms with Gasteiger partial charge in [-0.05, 0) is 63.8 Å². The van der Waals surface area contributed by atoms with Crippen LogP contribution in [0.4, 0.5) is 0 Å². The summed E-state index contributed by atoms with van der Waals surface area (Å²) < 4.78 is 11.2. The van der Waals surface area contributed by atoms with Gasteiger partial charge in [0.05, 0.1) is 6.10 Å². The van der Waals surface area contributed by atoms with Crippen LogP contribution in [0.5, 0.6) is 5.75 Å². The van der Waals surface area contributed by atoms with Crippen molar-refractivity contribution in [1.82, 2.24) is 0 Å². The van der Waals surface area contributed by atoms with Crippen molar-refractivity contribution in [2.75, 3.05) is 6.61 Å². The predicted octanol–water partition coefficient (Wildman–Crippen LogP) is 3.47. The van der Waals surface area contributed by atoms with E-state index in [9.17, 15) is 4.79 Å². The fourth-order valence-electron chi connectivity index (χ4n) is 2.14. The van der Waals surface area contributed by atoms with Gasteiger partial charge in [-0.15, -0.1) is 0 Å². The number of carbonyl (C=O) groups excluding carboxylic acids is 1. The number of ether oxygens (including phenoxy) is 2. The van der Waals surface area contributed by atoms with Gasteiger partial charge >= 0.3 is 0 Å². The average Bonchev–Trinajstić information content (AvgIpc) is 3.19. The molecular formula is C16H22O3. The van der Waals surface area contributed by atoms with E-state index >= 15 is 0 Å². The van der Waals surface area contributed by atoms with Gasteiger partial charge < -0.3 is 9.47 Å². The summed E-state index contributed by atoms with van der Waals surface area (Å²) in [5.74, 6) is 1.31. The summed E-state index contributed by atoms with van der Waals surface area (Å²) in [4.78, 5) is 12.4. The third-order valence-corrected chi connectivity index (χ3v) is 3.17. The van der Waals surface area contributed by atoms with Crippen molar-refractivity contribution in [3.63, 3.8) is 0 Å². The molecule has 1 aromatic carbocycles. The van der Waals surface area contributed by atoms with Crippen LogP contribution < -0.4 is 4.74 Å². The van der Waals surface area contributed by atoms with Gasteiger partial charge in [-0.2, -0.15) is 0 Å². The molecule has 0 bridgehead atoms. The highest BCUT2D eigenvalue weighted by molar-refractivity contribution is 6.00. The standard InChI is InChI=1S/C16H22O3/c1-4-18-16(13-5-6-13)15(17)12-7-9-14(10-8-12)19-11(2)3/h7-11,13,16H,4-6H2,1-3H3. The van der Waals surface area contributed by atoms with Gasteiger partial charge in [0.25, 0.3) is 0 Å². The number of Topliss-reactive ketones (excluding diaryl/α,β-unsaturated/α-hetero) is 1. The quantitative estimate of drug-likeness (QED) is 0.706. The molecule has 1 aliphatic carbocycles. The largest absolute Gasteiger partial charge is 0.491 e. The van der Waals surface area contributed by atoms with Crippen LogP contribution >= 0.6 is 0 Å². The van der Waals surface area contributed by atoms with Gasteiger partial charge in [-0.1, -0.05) is 0 Å². The number of benzene rings is 1. The summed E-state index contributed by atoms with van der Waals surface area (Å²) >= 11 is 0. The molecule has 0 radical (unpaired) electrons.